The number of nitrogens with zero attached hydrogens (tertiary/aromatic N) is 3. The highest BCUT2D eigenvalue weighted by Crippen LogP contribution is 2.30. The Kier molecular flexibility index (Phi) is 10.3. The van der Waals surface area contributed by atoms with E-state index >= 15 is 0 Å². The van der Waals surface area contributed by atoms with E-state index in [0.717, 1.165) is 51.1 Å². The fraction of sp³-hybridized carbons (Fsp3) is 0.276. The number of H-pyrrole nitrogens is 1. The number of nitro groups is 1. The highest BCUT2D eigenvalue weighted by Gasteiger charge is 2.32. The molecule has 0 spiro atoms. The Morgan fingerprint density at radius 3 is 2.43 bits per heavy atom. The second-order valence-electron chi connectivity index (χ2n) is 9.82. The van der Waals surface area contributed by atoms with Crippen LogP contribution in [0.3, 0.4) is 0 Å². The summed E-state index contributed by atoms with van der Waals surface area (Å²) in [5.41, 5.74) is 0.727. The third-order valence-electron chi connectivity index (χ3n) is 6.94. The Hall–Kier alpha value is -3.98. The summed E-state index contributed by atoms with van der Waals surface area (Å²) in [6.45, 7) is -0.971. The van der Waals surface area contributed by atoms with Crippen molar-refractivity contribution in [2.75, 3.05) is 33.4 Å². The zero-order valence-electron chi connectivity index (χ0n) is 23.4. The lowest BCUT2D eigenvalue weighted by Crippen LogP contribution is -2.44. The number of nitro benzene ring substituents is 1. The number of aromatic nitrogens is 1. The molecule has 1 heterocycles. The molecule has 10 nitrogen and oxygen atoms in total. The molecule has 1 N–H and O–H groups in total. The molecule has 3 aromatic carbocycles. The third-order valence-corrected chi connectivity index (χ3v) is 9.10. The van der Waals surface area contributed by atoms with Gasteiger partial charge in [-0.3, -0.25) is 14.9 Å². The van der Waals surface area contributed by atoms with Crippen LogP contribution in [-0.4, -0.2) is 66.8 Å². The van der Waals surface area contributed by atoms with Gasteiger partial charge in [0.05, 0.1) is 28.5 Å². The smallest absolute Gasteiger partial charge is 0.383 e. The second-order valence-corrected chi connectivity index (χ2v) is 12.2. The molecular formula is C29H28ClF3N4O6S. The highest BCUT2D eigenvalue weighted by atomic mass is 35.5. The molecule has 44 heavy (non-hydrogen) atoms. The quantitative estimate of drug-likeness (QED) is 0.147. The van der Waals surface area contributed by atoms with Gasteiger partial charge in [0.25, 0.3) is 5.69 Å². The maximum Gasteiger partial charge on any atom is 0.416 e. The second kappa shape index (κ2) is 13.8. The zero-order chi connectivity index (χ0) is 32.1. The van der Waals surface area contributed by atoms with Crippen LogP contribution in [0.2, 0.25) is 5.02 Å². The first-order valence-electron chi connectivity index (χ1n) is 13.2. The minimum atomic E-state index is -4.53. The van der Waals surface area contributed by atoms with Gasteiger partial charge in [-0.15, -0.1) is 0 Å². The first kappa shape index (κ1) is 32.9. The maximum atomic E-state index is 13.7. The van der Waals surface area contributed by atoms with E-state index in [0.29, 0.717) is 12.0 Å². The minimum Gasteiger partial charge on any atom is -0.383 e. The van der Waals surface area contributed by atoms with E-state index in [2.05, 4.69) is 4.98 Å². The molecule has 4 aromatic rings. The lowest BCUT2D eigenvalue weighted by molar-refractivity contribution is -0.384. The van der Waals surface area contributed by atoms with Crippen LogP contribution in [0.5, 0.6) is 0 Å². The van der Waals surface area contributed by atoms with Crippen molar-refractivity contribution in [1.29, 1.82) is 0 Å². The van der Waals surface area contributed by atoms with Crippen molar-refractivity contribution in [3.8, 4) is 0 Å². The summed E-state index contributed by atoms with van der Waals surface area (Å²) in [4.78, 5) is 28.4. The minimum absolute atomic E-state index is 0.0869. The average molecular weight is 653 g/mol. The SMILES string of the molecule is COCCN(CC(=O)N(CCc1c[nH]c2ccccc12)Cc1ccc(C(F)(F)F)cc1)S(=O)(=O)c1ccc(Cl)c([N+](=O)[O-])c1. The zero-order valence-corrected chi connectivity index (χ0v) is 25.0. The van der Waals surface area contributed by atoms with Crippen molar-refractivity contribution >= 4 is 44.1 Å². The number of amides is 1. The first-order valence-corrected chi connectivity index (χ1v) is 15.0. The Morgan fingerprint density at radius 2 is 1.77 bits per heavy atom. The van der Waals surface area contributed by atoms with E-state index in [1.165, 1.54) is 24.1 Å². The molecule has 0 aliphatic carbocycles. The van der Waals surface area contributed by atoms with Gasteiger partial charge in [0, 0.05) is 49.9 Å². The number of carbonyl (C=O) groups is 1. The number of benzene rings is 3. The number of nitrogens with one attached hydrogen (secondary N) is 1. The molecule has 1 aromatic heterocycles. The molecule has 15 heteroatoms. The van der Waals surface area contributed by atoms with Crippen LogP contribution in [0.15, 0.2) is 77.8 Å². The van der Waals surface area contributed by atoms with Gasteiger partial charge in [0.15, 0.2) is 0 Å². The summed E-state index contributed by atoms with van der Waals surface area (Å²) in [6.07, 6.45) is -2.37. The van der Waals surface area contributed by atoms with Gasteiger partial charge in [-0.25, -0.2) is 8.42 Å². The number of hydrogen-bond donors (Lipinski definition) is 1. The van der Waals surface area contributed by atoms with Gasteiger partial charge in [0.2, 0.25) is 15.9 Å². The van der Waals surface area contributed by atoms with Crippen molar-refractivity contribution in [1.82, 2.24) is 14.2 Å². The van der Waals surface area contributed by atoms with Gasteiger partial charge in [-0.05, 0) is 47.9 Å². The van der Waals surface area contributed by atoms with Gasteiger partial charge < -0.3 is 14.6 Å². The van der Waals surface area contributed by atoms with Gasteiger partial charge >= 0.3 is 6.18 Å². The normalized spacial score (nSPS) is 12.1. The van der Waals surface area contributed by atoms with E-state index in [9.17, 15) is 36.5 Å². The molecule has 0 fully saturated rings. The Labute approximate surface area is 256 Å². The number of carbonyl (C=O) groups excluding carboxylic acids is 1. The standard InChI is InChI=1S/C29H28ClF3N4O6S/c1-43-15-14-36(44(41,42)23-10-11-25(30)27(16-23)37(39)40)19-28(38)35(18-20-6-8-22(9-7-20)29(31,32)33)13-12-21-17-34-26-5-3-2-4-24(21)26/h2-11,16-17,34H,12-15,18-19H2,1H3. The molecule has 0 aliphatic heterocycles. The number of fused-ring (bicyclic) bond motifs is 1. The number of sulfonamides is 1. The summed E-state index contributed by atoms with van der Waals surface area (Å²) < 4.78 is 72.4. The Balaban J connectivity index is 1.63. The van der Waals surface area contributed by atoms with Crippen LogP contribution in [0.25, 0.3) is 10.9 Å². The molecule has 0 saturated carbocycles. The van der Waals surface area contributed by atoms with Gasteiger partial charge in [0.1, 0.15) is 5.02 Å². The molecule has 0 atom stereocenters. The predicted molar refractivity (Wildman–Crippen MR) is 158 cm³/mol. The lowest BCUT2D eigenvalue weighted by atomic mass is 10.1. The highest BCUT2D eigenvalue weighted by molar-refractivity contribution is 7.89. The van der Waals surface area contributed by atoms with Crippen LogP contribution in [0, 0.1) is 10.1 Å². The van der Waals surface area contributed by atoms with Crippen LogP contribution in [-0.2, 0) is 38.7 Å². The topological polar surface area (TPSA) is 126 Å². The molecule has 4 rings (SSSR count). The molecule has 0 radical (unpaired) electrons. The van der Waals surface area contributed by atoms with Crippen molar-refractivity contribution in [2.45, 2.75) is 24.0 Å². The van der Waals surface area contributed by atoms with Crippen molar-refractivity contribution in [3.05, 3.63) is 105 Å². The third kappa shape index (κ3) is 7.75. The summed E-state index contributed by atoms with van der Waals surface area (Å²) in [7, 11) is -3.10. The van der Waals surface area contributed by atoms with Gasteiger partial charge in [-0.2, -0.15) is 17.5 Å². The van der Waals surface area contributed by atoms with E-state index in [-0.39, 0.29) is 31.3 Å². The largest absolute Gasteiger partial charge is 0.416 e. The van der Waals surface area contributed by atoms with Crippen molar-refractivity contribution < 1.29 is 36.0 Å². The number of methoxy groups -OCH3 is 1. The van der Waals surface area contributed by atoms with E-state index in [1.54, 1.807) is 6.20 Å². The fourth-order valence-corrected chi connectivity index (χ4v) is 6.16. The number of alkyl halides is 3. The molecule has 0 aliphatic rings. The molecule has 234 valence electrons. The summed E-state index contributed by atoms with van der Waals surface area (Å²) in [5.74, 6) is -0.632. The number of hydrogen-bond acceptors (Lipinski definition) is 6. The van der Waals surface area contributed by atoms with Crippen molar-refractivity contribution in [3.63, 3.8) is 0 Å². The lowest BCUT2D eigenvalue weighted by Gasteiger charge is -2.27. The molecule has 0 unspecified atom stereocenters. The molecule has 0 bridgehead atoms. The van der Waals surface area contributed by atoms with Crippen LogP contribution in [0.4, 0.5) is 18.9 Å². The van der Waals surface area contributed by atoms with E-state index < -0.39 is 49.7 Å². The number of para-hydroxylation sites is 1. The van der Waals surface area contributed by atoms with Crippen molar-refractivity contribution in [2.24, 2.45) is 0 Å². The number of rotatable bonds is 13. The maximum absolute atomic E-state index is 13.7. The predicted octanol–water partition coefficient (Wildman–Crippen LogP) is 5.66. The molecule has 0 saturated heterocycles. The number of halogens is 4. The summed E-state index contributed by atoms with van der Waals surface area (Å²) in [6, 6.07) is 14.9. The Bertz CT molecular complexity index is 1750. The van der Waals surface area contributed by atoms with Crippen LogP contribution < -0.4 is 0 Å². The summed E-state index contributed by atoms with van der Waals surface area (Å²) in [5, 5.41) is 12.1. The van der Waals surface area contributed by atoms with Crippen LogP contribution in [0.1, 0.15) is 16.7 Å². The average Bonchev–Trinajstić information content (AvgIpc) is 3.40. The van der Waals surface area contributed by atoms with Crippen LogP contribution >= 0.6 is 11.6 Å². The Morgan fingerprint density at radius 1 is 1.07 bits per heavy atom. The molecule has 1 amide bonds. The fourth-order valence-electron chi connectivity index (χ4n) is 4.58. The monoisotopic (exact) mass is 652 g/mol. The summed E-state index contributed by atoms with van der Waals surface area (Å²) >= 11 is 5.86. The number of aromatic amines is 1. The number of ether oxygens (including phenoxy) is 1. The van der Waals surface area contributed by atoms with E-state index in [1.807, 2.05) is 24.3 Å². The molecular weight excluding hydrogens is 625 g/mol. The van der Waals surface area contributed by atoms with Gasteiger partial charge in [-0.1, -0.05) is 41.9 Å². The first-order chi connectivity index (χ1) is 20.8. The van der Waals surface area contributed by atoms with E-state index in [4.69, 9.17) is 16.3 Å².